The van der Waals surface area contributed by atoms with Gasteiger partial charge in [-0.25, -0.2) is 0 Å². The summed E-state index contributed by atoms with van der Waals surface area (Å²) in [6, 6.07) is 15.4. The molecule has 0 aliphatic rings. The average Bonchev–Trinajstić information content (AvgIpc) is 2.54. The third-order valence-corrected chi connectivity index (χ3v) is 4.33. The van der Waals surface area contributed by atoms with Crippen molar-refractivity contribution in [2.24, 2.45) is 0 Å². The highest BCUT2D eigenvalue weighted by molar-refractivity contribution is 5.86. The van der Waals surface area contributed by atoms with Crippen molar-refractivity contribution in [1.29, 1.82) is 0 Å². The minimum Gasteiger partial charge on any atom is -0.480 e. The topological polar surface area (TPSA) is 43.8 Å². The molecule has 2 aromatic carbocycles. The van der Waals surface area contributed by atoms with E-state index < -0.39 is 11.4 Å². The third kappa shape index (κ3) is 3.16. The highest BCUT2D eigenvalue weighted by atomic mass is 16.4. The molecule has 1 unspecified atom stereocenters. The van der Waals surface area contributed by atoms with Gasteiger partial charge in [-0.3, -0.25) is 4.79 Å². The van der Waals surface area contributed by atoms with Gasteiger partial charge >= 0.3 is 5.97 Å². The van der Waals surface area contributed by atoms with Crippen LogP contribution in [0.3, 0.4) is 0 Å². The van der Waals surface area contributed by atoms with Crippen molar-refractivity contribution >= 4 is 17.3 Å². The lowest BCUT2D eigenvalue weighted by Crippen LogP contribution is -2.34. The Hall–Kier alpha value is -2.49. The maximum absolute atomic E-state index is 12.1. The van der Waals surface area contributed by atoms with Gasteiger partial charge in [0.15, 0.2) is 0 Å². The summed E-state index contributed by atoms with van der Waals surface area (Å²) < 4.78 is 0. The number of carbonyl (C=O) groups is 1. The van der Waals surface area contributed by atoms with Crippen molar-refractivity contribution in [3.63, 3.8) is 0 Å². The number of anilines is 2. The Morgan fingerprint density at radius 2 is 1.43 bits per heavy atom. The summed E-state index contributed by atoms with van der Waals surface area (Å²) in [5, 5.41) is 9.92. The Bertz CT molecular complexity index is 693. The fourth-order valence-corrected chi connectivity index (χ4v) is 2.60. The summed E-state index contributed by atoms with van der Waals surface area (Å²) in [5.41, 5.74) is 2.49. The van der Waals surface area contributed by atoms with Crippen LogP contribution in [0.4, 0.5) is 11.4 Å². The van der Waals surface area contributed by atoms with Crippen LogP contribution in [0, 0.1) is 0 Å². The molecule has 0 radical (unpaired) electrons. The predicted molar refractivity (Wildman–Crippen MR) is 95.6 cm³/mol. The van der Waals surface area contributed by atoms with E-state index in [0.717, 1.165) is 22.5 Å². The second-order valence-corrected chi connectivity index (χ2v) is 6.32. The van der Waals surface area contributed by atoms with Crippen molar-refractivity contribution in [3.8, 4) is 0 Å². The van der Waals surface area contributed by atoms with Gasteiger partial charge in [0.25, 0.3) is 0 Å². The number of nitrogens with zero attached hydrogens (tertiary/aromatic N) is 2. The van der Waals surface area contributed by atoms with Gasteiger partial charge in [-0.15, -0.1) is 0 Å². The van der Waals surface area contributed by atoms with Crippen LogP contribution in [-0.2, 0) is 10.2 Å². The van der Waals surface area contributed by atoms with E-state index in [4.69, 9.17) is 0 Å². The largest absolute Gasteiger partial charge is 0.480 e. The van der Waals surface area contributed by atoms with E-state index in [1.165, 1.54) is 0 Å². The van der Waals surface area contributed by atoms with E-state index in [-0.39, 0.29) is 0 Å². The number of aliphatic carboxylic acids is 1. The molecular formula is C19H24N2O2. The number of hydrogen-bond acceptors (Lipinski definition) is 3. The van der Waals surface area contributed by atoms with E-state index >= 15 is 0 Å². The van der Waals surface area contributed by atoms with E-state index in [0.29, 0.717) is 0 Å². The summed E-state index contributed by atoms with van der Waals surface area (Å²) in [5.74, 6) is -0.856. The van der Waals surface area contributed by atoms with E-state index in [1.807, 2.05) is 86.5 Å². The lowest BCUT2D eigenvalue weighted by atomic mass is 9.76. The summed E-state index contributed by atoms with van der Waals surface area (Å²) >= 11 is 0. The Balaban J connectivity index is 2.55. The van der Waals surface area contributed by atoms with Crippen LogP contribution in [0.1, 0.15) is 18.1 Å². The zero-order valence-electron chi connectivity index (χ0n) is 14.4. The van der Waals surface area contributed by atoms with Gasteiger partial charge in [0.2, 0.25) is 0 Å². The van der Waals surface area contributed by atoms with Crippen LogP contribution >= 0.6 is 0 Å². The van der Waals surface area contributed by atoms with Crippen LogP contribution in [0.15, 0.2) is 48.5 Å². The van der Waals surface area contributed by atoms with E-state index in [9.17, 15) is 9.90 Å². The molecule has 2 aromatic rings. The number of rotatable bonds is 5. The van der Waals surface area contributed by atoms with Crippen LogP contribution in [0.2, 0.25) is 0 Å². The second kappa shape index (κ2) is 6.32. The van der Waals surface area contributed by atoms with Crippen molar-refractivity contribution in [3.05, 3.63) is 59.7 Å². The predicted octanol–water partition coefficient (Wildman–Crippen LogP) is 3.21. The lowest BCUT2D eigenvalue weighted by molar-refractivity contribution is -0.141. The van der Waals surface area contributed by atoms with E-state index in [1.54, 1.807) is 6.92 Å². The maximum Gasteiger partial charge on any atom is 0.318 e. The first-order valence-electron chi connectivity index (χ1n) is 7.56. The first-order valence-corrected chi connectivity index (χ1v) is 7.56. The lowest BCUT2D eigenvalue weighted by Gasteiger charge is -2.28. The van der Waals surface area contributed by atoms with Gasteiger partial charge in [0, 0.05) is 39.6 Å². The second-order valence-electron chi connectivity index (χ2n) is 6.32. The molecule has 0 amide bonds. The Morgan fingerprint density at radius 1 is 0.870 bits per heavy atom. The molecule has 122 valence electrons. The van der Waals surface area contributed by atoms with Gasteiger partial charge in [0.05, 0.1) is 0 Å². The third-order valence-electron chi connectivity index (χ3n) is 4.33. The van der Waals surface area contributed by atoms with Crippen LogP contribution < -0.4 is 9.80 Å². The van der Waals surface area contributed by atoms with Crippen molar-refractivity contribution < 1.29 is 9.90 Å². The minimum atomic E-state index is -1.09. The molecule has 4 nitrogen and oxygen atoms in total. The molecule has 0 bridgehead atoms. The smallest absolute Gasteiger partial charge is 0.318 e. The molecule has 1 N–H and O–H groups in total. The number of benzene rings is 2. The molecule has 0 aliphatic carbocycles. The number of carboxylic acid groups (broad SMARTS) is 1. The Kier molecular flexibility index (Phi) is 4.64. The number of carboxylic acids is 1. The fraction of sp³-hybridized carbons (Fsp3) is 0.316. The van der Waals surface area contributed by atoms with Gasteiger partial charge in [-0.2, -0.15) is 0 Å². The summed E-state index contributed by atoms with van der Waals surface area (Å²) in [6.45, 7) is 1.76. The van der Waals surface area contributed by atoms with Crippen molar-refractivity contribution in [2.75, 3.05) is 38.0 Å². The molecule has 0 spiro atoms. The number of hydrogen-bond donors (Lipinski definition) is 1. The quantitative estimate of drug-likeness (QED) is 0.921. The van der Waals surface area contributed by atoms with Crippen LogP contribution in [0.25, 0.3) is 0 Å². The van der Waals surface area contributed by atoms with Gasteiger partial charge in [-0.05, 0) is 42.3 Å². The zero-order chi connectivity index (χ0) is 17.2. The Morgan fingerprint density at radius 3 is 1.91 bits per heavy atom. The molecule has 0 fully saturated rings. The van der Waals surface area contributed by atoms with Crippen molar-refractivity contribution in [1.82, 2.24) is 0 Å². The maximum atomic E-state index is 12.1. The summed E-state index contributed by atoms with van der Waals surface area (Å²) in [7, 11) is 7.82. The SMILES string of the molecule is CN(C)c1ccc(C(C)(C(=O)O)c2cccc(N(C)C)c2)cc1. The highest BCUT2D eigenvalue weighted by Crippen LogP contribution is 2.34. The van der Waals surface area contributed by atoms with Crippen LogP contribution in [0.5, 0.6) is 0 Å². The molecule has 0 aromatic heterocycles. The van der Waals surface area contributed by atoms with Gasteiger partial charge < -0.3 is 14.9 Å². The molecule has 0 heterocycles. The molecule has 0 aliphatic heterocycles. The monoisotopic (exact) mass is 312 g/mol. The minimum absolute atomic E-state index is 0.770. The zero-order valence-corrected chi connectivity index (χ0v) is 14.4. The molecular weight excluding hydrogens is 288 g/mol. The molecule has 0 saturated heterocycles. The first-order chi connectivity index (χ1) is 10.8. The standard InChI is InChI=1S/C19H24N2O2/c1-19(18(22)23,14-9-11-16(12-10-14)20(2)3)15-7-6-8-17(13-15)21(4)5/h6-13H,1-5H3,(H,22,23). The first kappa shape index (κ1) is 16.9. The average molecular weight is 312 g/mol. The molecule has 1 atom stereocenters. The molecule has 23 heavy (non-hydrogen) atoms. The highest BCUT2D eigenvalue weighted by Gasteiger charge is 2.37. The van der Waals surface area contributed by atoms with Gasteiger partial charge in [0.1, 0.15) is 5.41 Å². The molecule has 4 heteroatoms. The van der Waals surface area contributed by atoms with Crippen LogP contribution in [-0.4, -0.2) is 39.3 Å². The normalized spacial score (nSPS) is 13.3. The molecule has 0 saturated carbocycles. The summed E-state index contributed by atoms with van der Waals surface area (Å²) in [4.78, 5) is 16.1. The van der Waals surface area contributed by atoms with Gasteiger partial charge in [-0.1, -0.05) is 24.3 Å². The fourth-order valence-electron chi connectivity index (χ4n) is 2.60. The van der Waals surface area contributed by atoms with E-state index in [2.05, 4.69) is 0 Å². The Labute approximate surface area is 138 Å². The summed E-state index contributed by atoms with van der Waals surface area (Å²) in [6.07, 6.45) is 0. The molecule has 2 rings (SSSR count). The van der Waals surface area contributed by atoms with Crippen molar-refractivity contribution in [2.45, 2.75) is 12.3 Å².